The molecule has 2 saturated carbocycles. The van der Waals surface area contributed by atoms with E-state index in [1.807, 2.05) is 0 Å². The molecule has 2 saturated heterocycles. The number of rotatable bonds is 5. The van der Waals surface area contributed by atoms with Crippen molar-refractivity contribution in [3.05, 3.63) is 24.2 Å². The maximum absolute atomic E-state index is 14.2. The summed E-state index contributed by atoms with van der Waals surface area (Å²) in [5, 5.41) is 0. The van der Waals surface area contributed by atoms with Gasteiger partial charge in [0.25, 0.3) is 0 Å². The molecule has 10 nitrogen and oxygen atoms in total. The highest BCUT2D eigenvalue weighted by atomic mass is 16.7. The summed E-state index contributed by atoms with van der Waals surface area (Å²) in [6.45, 7) is 5.83. The van der Waals surface area contributed by atoms with E-state index < -0.39 is 58.8 Å². The fourth-order valence-electron chi connectivity index (χ4n) is 7.35. The Morgan fingerprint density at radius 1 is 1.11 bits per heavy atom. The van der Waals surface area contributed by atoms with Crippen LogP contribution in [0, 0.1) is 22.7 Å². The van der Waals surface area contributed by atoms with Crippen molar-refractivity contribution in [1.82, 2.24) is 0 Å². The summed E-state index contributed by atoms with van der Waals surface area (Å²) in [7, 11) is 0. The van der Waals surface area contributed by atoms with Crippen molar-refractivity contribution >= 4 is 23.7 Å². The zero-order chi connectivity index (χ0) is 25.9. The molecular formula is C26H32O10. The van der Waals surface area contributed by atoms with Crippen molar-refractivity contribution in [2.75, 3.05) is 13.2 Å². The smallest absolute Gasteiger partial charge is 0.304 e. The van der Waals surface area contributed by atoms with E-state index in [0.717, 1.165) is 12.0 Å². The van der Waals surface area contributed by atoms with Gasteiger partial charge < -0.3 is 28.1 Å². The number of hydrogen-bond donors (Lipinski definition) is 0. The van der Waals surface area contributed by atoms with Gasteiger partial charge in [0.2, 0.25) is 6.29 Å². The highest BCUT2D eigenvalue weighted by Gasteiger charge is 2.80. The molecule has 4 aliphatic rings. The van der Waals surface area contributed by atoms with E-state index >= 15 is 0 Å². The Hall–Kier alpha value is -2.72. The first-order chi connectivity index (χ1) is 17.1. The molecule has 0 radical (unpaired) electrons. The standard InChI is InChI=1S/C26H32O10/c1-14-21(30)22(34-16(3)28)26(13-32-15(2)27)20(6-5-8-24(26)12-33-24)25(14)10-19(18-7-9-31-11-18)36-23(25)35-17(4)29/h7,9,11,14,19-20,22-23H,5-6,8,10,12-13H2,1-4H3/t14-,19-,20+,22-,23+,24-,25+,26-/m0/s1. The highest BCUT2D eigenvalue weighted by Crippen LogP contribution is 2.71. The lowest BCUT2D eigenvalue weighted by Crippen LogP contribution is -2.72. The largest absolute Gasteiger partial charge is 0.472 e. The molecular weight excluding hydrogens is 472 g/mol. The average molecular weight is 505 g/mol. The number of Topliss-reactive ketones (excluding diaryl/α,β-unsaturated/α-hetero) is 1. The van der Waals surface area contributed by atoms with Crippen molar-refractivity contribution in [3.8, 4) is 0 Å². The molecule has 1 aromatic rings. The molecule has 2 spiro atoms. The van der Waals surface area contributed by atoms with E-state index in [1.165, 1.54) is 27.0 Å². The Morgan fingerprint density at radius 3 is 2.42 bits per heavy atom. The molecule has 2 aliphatic heterocycles. The van der Waals surface area contributed by atoms with Crippen LogP contribution in [0.5, 0.6) is 0 Å². The number of ether oxygens (including phenoxy) is 5. The van der Waals surface area contributed by atoms with E-state index in [2.05, 4.69) is 0 Å². The van der Waals surface area contributed by atoms with Gasteiger partial charge in [-0.25, -0.2) is 0 Å². The molecule has 3 heterocycles. The van der Waals surface area contributed by atoms with Crippen molar-refractivity contribution in [2.45, 2.75) is 77.5 Å². The van der Waals surface area contributed by atoms with E-state index in [-0.39, 0.29) is 18.3 Å². The predicted octanol–water partition coefficient (Wildman–Crippen LogP) is 2.89. The number of furan rings is 1. The summed E-state index contributed by atoms with van der Waals surface area (Å²) >= 11 is 0. The van der Waals surface area contributed by atoms with Gasteiger partial charge in [0.15, 0.2) is 11.9 Å². The minimum Gasteiger partial charge on any atom is -0.472 e. The number of hydrogen-bond acceptors (Lipinski definition) is 10. The third-order valence-corrected chi connectivity index (χ3v) is 8.90. The van der Waals surface area contributed by atoms with E-state index in [1.54, 1.807) is 19.3 Å². The minimum absolute atomic E-state index is 0.158. The molecule has 0 N–H and O–H groups in total. The van der Waals surface area contributed by atoms with Crippen molar-refractivity contribution < 1.29 is 47.3 Å². The van der Waals surface area contributed by atoms with Crippen LogP contribution in [-0.4, -0.2) is 54.9 Å². The Morgan fingerprint density at radius 2 is 1.83 bits per heavy atom. The summed E-state index contributed by atoms with van der Waals surface area (Å²) in [6, 6.07) is 1.78. The van der Waals surface area contributed by atoms with Gasteiger partial charge in [0, 0.05) is 37.7 Å². The molecule has 0 bridgehead atoms. The molecule has 0 amide bonds. The van der Waals surface area contributed by atoms with Crippen LogP contribution in [0.2, 0.25) is 0 Å². The molecule has 36 heavy (non-hydrogen) atoms. The SMILES string of the molecule is CC(=O)OC[C@@]12[C@H](CCC[C@]13CO3)[C@@]1(C[C@@H](c3ccoc3)O[C@H]1OC(C)=O)[C@@H](C)C(=O)[C@@H]2OC(C)=O. The quantitative estimate of drug-likeness (QED) is 0.335. The van der Waals surface area contributed by atoms with Gasteiger partial charge in [-0.2, -0.15) is 0 Å². The summed E-state index contributed by atoms with van der Waals surface area (Å²) in [6.07, 6.45) is 2.82. The van der Waals surface area contributed by atoms with E-state index in [9.17, 15) is 19.2 Å². The zero-order valence-corrected chi connectivity index (χ0v) is 20.9. The Labute approximate surface area is 208 Å². The van der Waals surface area contributed by atoms with Crippen molar-refractivity contribution in [3.63, 3.8) is 0 Å². The molecule has 1 aromatic heterocycles. The molecule has 196 valence electrons. The van der Waals surface area contributed by atoms with Crippen LogP contribution in [0.25, 0.3) is 0 Å². The lowest BCUT2D eigenvalue weighted by atomic mass is 9.42. The van der Waals surface area contributed by atoms with Crippen LogP contribution in [0.1, 0.15) is 65.0 Å². The van der Waals surface area contributed by atoms with Gasteiger partial charge in [0.1, 0.15) is 12.2 Å². The van der Waals surface area contributed by atoms with Crippen LogP contribution in [-0.2, 0) is 42.9 Å². The Balaban J connectivity index is 1.70. The lowest BCUT2D eigenvalue weighted by Gasteiger charge is -2.62. The summed E-state index contributed by atoms with van der Waals surface area (Å²) < 4.78 is 34.8. The molecule has 10 heteroatoms. The van der Waals surface area contributed by atoms with Crippen LogP contribution in [0.4, 0.5) is 0 Å². The van der Waals surface area contributed by atoms with Crippen LogP contribution < -0.4 is 0 Å². The van der Waals surface area contributed by atoms with E-state index in [4.69, 9.17) is 28.1 Å². The first kappa shape index (κ1) is 25.0. The Bertz CT molecular complexity index is 1060. The highest BCUT2D eigenvalue weighted by molar-refractivity contribution is 5.90. The van der Waals surface area contributed by atoms with Gasteiger partial charge in [-0.1, -0.05) is 13.3 Å². The second-order valence-corrected chi connectivity index (χ2v) is 10.6. The number of fused-ring (bicyclic) bond motifs is 3. The summed E-state index contributed by atoms with van der Waals surface area (Å²) in [5.74, 6) is -3.03. The third kappa shape index (κ3) is 3.52. The van der Waals surface area contributed by atoms with Crippen molar-refractivity contribution in [1.29, 1.82) is 0 Å². The van der Waals surface area contributed by atoms with Gasteiger partial charge in [0.05, 0.1) is 30.7 Å². The molecule has 0 unspecified atom stereocenters. The molecule has 8 atom stereocenters. The molecule has 5 rings (SSSR count). The van der Waals surface area contributed by atoms with Crippen LogP contribution in [0.3, 0.4) is 0 Å². The average Bonchev–Trinajstić information content (AvgIpc) is 3.23. The monoisotopic (exact) mass is 504 g/mol. The Kier molecular flexibility index (Phi) is 6.02. The number of carbonyl (C=O) groups is 4. The number of carbonyl (C=O) groups excluding carboxylic acids is 4. The normalized spacial score (nSPS) is 41.1. The van der Waals surface area contributed by atoms with Gasteiger partial charge in [-0.05, 0) is 31.2 Å². The maximum Gasteiger partial charge on any atom is 0.304 e. The predicted molar refractivity (Wildman–Crippen MR) is 120 cm³/mol. The number of epoxide rings is 1. The van der Waals surface area contributed by atoms with Crippen LogP contribution >= 0.6 is 0 Å². The molecule has 2 aliphatic carbocycles. The summed E-state index contributed by atoms with van der Waals surface area (Å²) in [4.78, 5) is 50.7. The van der Waals surface area contributed by atoms with Gasteiger partial charge in [-0.3, -0.25) is 19.2 Å². The van der Waals surface area contributed by atoms with Gasteiger partial charge >= 0.3 is 17.9 Å². The van der Waals surface area contributed by atoms with Crippen LogP contribution in [0.15, 0.2) is 23.0 Å². The second-order valence-electron chi connectivity index (χ2n) is 10.6. The van der Waals surface area contributed by atoms with E-state index in [0.29, 0.717) is 25.9 Å². The topological polar surface area (TPSA) is 131 Å². The fourth-order valence-corrected chi connectivity index (χ4v) is 7.35. The molecule has 4 fully saturated rings. The zero-order valence-electron chi connectivity index (χ0n) is 20.9. The third-order valence-electron chi connectivity index (χ3n) is 8.90. The first-order valence-electron chi connectivity index (χ1n) is 12.4. The first-order valence-corrected chi connectivity index (χ1v) is 12.4. The number of ketones is 1. The maximum atomic E-state index is 14.2. The summed E-state index contributed by atoms with van der Waals surface area (Å²) in [5.41, 5.74) is -2.16. The number of esters is 3. The van der Waals surface area contributed by atoms with Gasteiger partial charge in [-0.15, -0.1) is 0 Å². The molecule has 0 aromatic carbocycles. The fraction of sp³-hybridized carbons (Fsp3) is 0.692. The lowest BCUT2D eigenvalue weighted by molar-refractivity contribution is -0.258. The second kappa shape index (κ2) is 8.69. The van der Waals surface area contributed by atoms with Crippen molar-refractivity contribution in [2.24, 2.45) is 22.7 Å². The minimum atomic E-state index is -1.17.